The third-order valence-electron chi connectivity index (χ3n) is 3.05. The van der Waals surface area contributed by atoms with Crippen molar-refractivity contribution in [2.24, 2.45) is 5.92 Å². The molecule has 7 nitrogen and oxygen atoms in total. The van der Waals surface area contributed by atoms with Crippen molar-refractivity contribution in [1.29, 1.82) is 0 Å². The molecule has 0 aliphatic carbocycles. The molecule has 0 saturated carbocycles. The van der Waals surface area contributed by atoms with Gasteiger partial charge in [-0.15, -0.1) is 0 Å². The Morgan fingerprint density at radius 1 is 1.21 bits per heavy atom. The number of nitrogens with one attached hydrogen (secondary N) is 3. The molecular formula is C16H22FN3O4. The van der Waals surface area contributed by atoms with Crippen molar-refractivity contribution in [3.05, 3.63) is 24.0 Å². The van der Waals surface area contributed by atoms with Crippen LogP contribution in [0.1, 0.15) is 27.2 Å². The van der Waals surface area contributed by atoms with Crippen molar-refractivity contribution < 1.29 is 23.5 Å². The van der Waals surface area contributed by atoms with Gasteiger partial charge in [-0.05, 0) is 30.5 Å². The standard InChI is InChI=1S/C16H22FN3O4/c1-9(2)7-14(20-16(23)24-4)15(22)19-11-5-6-12(17)13(8-11)18-10(3)21/h5-6,8-9,14H,7H2,1-4H3,(H,18,21)(H,19,22)(H,20,23)/t14-/m1/s1. The SMILES string of the molecule is COC(=O)N[C@H](CC(C)C)C(=O)Nc1ccc(F)c(NC(C)=O)c1. The molecule has 0 aliphatic rings. The Hall–Kier alpha value is -2.64. The zero-order chi connectivity index (χ0) is 18.3. The van der Waals surface area contributed by atoms with Crippen LogP contribution >= 0.6 is 0 Å². The lowest BCUT2D eigenvalue weighted by Crippen LogP contribution is -2.44. The monoisotopic (exact) mass is 339 g/mol. The molecule has 0 fully saturated rings. The van der Waals surface area contributed by atoms with E-state index < -0.39 is 29.8 Å². The molecule has 0 spiro atoms. The van der Waals surface area contributed by atoms with Gasteiger partial charge < -0.3 is 20.7 Å². The van der Waals surface area contributed by atoms with Crippen LogP contribution in [0.25, 0.3) is 0 Å². The molecule has 0 heterocycles. The van der Waals surface area contributed by atoms with Gasteiger partial charge in [0.25, 0.3) is 0 Å². The number of anilines is 2. The molecule has 8 heteroatoms. The molecule has 1 aromatic rings. The minimum Gasteiger partial charge on any atom is -0.453 e. The first kappa shape index (κ1) is 19.4. The van der Waals surface area contributed by atoms with E-state index in [1.54, 1.807) is 0 Å². The summed E-state index contributed by atoms with van der Waals surface area (Å²) in [7, 11) is 1.21. The highest BCUT2D eigenvalue weighted by molar-refractivity contribution is 5.97. The summed E-state index contributed by atoms with van der Waals surface area (Å²) in [6.07, 6.45) is -0.311. The molecule has 0 unspecified atom stereocenters. The summed E-state index contributed by atoms with van der Waals surface area (Å²) in [5.41, 5.74) is 0.257. The Kier molecular flexibility index (Phi) is 7.16. The third-order valence-corrected chi connectivity index (χ3v) is 3.05. The largest absolute Gasteiger partial charge is 0.453 e. The van der Waals surface area contributed by atoms with E-state index >= 15 is 0 Å². The summed E-state index contributed by atoms with van der Waals surface area (Å²) in [6.45, 7) is 5.07. The maximum atomic E-state index is 13.6. The first-order chi connectivity index (χ1) is 11.2. The van der Waals surface area contributed by atoms with Crippen LogP contribution in [0.15, 0.2) is 18.2 Å². The number of hydrogen-bond donors (Lipinski definition) is 3. The summed E-state index contributed by atoms with van der Waals surface area (Å²) < 4.78 is 18.1. The maximum absolute atomic E-state index is 13.6. The average molecular weight is 339 g/mol. The van der Waals surface area contributed by atoms with Crippen molar-refractivity contribution >= 4 is 29.3 Å². The van der Waals surface area contributed by atoms with E-state index in [0.29, 0.717) is 12.1 Å². The Morgan fingerprint density at radius 2 is 1.88 bits per heavy atom. The topological polar surface area (TPSA) is 96.5 Å². The van der Waals surface area contributed by atoms with Gasteiger partial charge in [-0.25, -0.2) is 9.18 Å². The van der Waals surface area contributed by atoms with Crippen LogP contribution in [0.5, 0.6) is 0 Å². The Balaban J connectivity index is 2.89. The fraction of sp³-hybridized carbons (Fsp3) is 0.438. The van der Waals surface area contributed by atoms with Crippen LogP contribution in [0.3, 0.4) is 0 Å². The lowest BCUT2D eigenvalue weighted by molar-refractivity contribution is -0.118. The smallest absolute Gasteiger partial charge is 0.407 e. The van der Waals surface area contributed by atoms with E-state index in [9.17, 15) is 18.8 Å². The van der Waals surface area contributed by atoms with Crippen LogP contribution in [0.2, 0.25) is 0 Å². The van der Waals surface area contributed by atoms with Crippen LogP contribution in [0.4, 0.5) is 20.6 Å². The highest BCUT2D eigenvalue weighted by Crippen LogP contribution is 2.20. The quantitative estimate of drug-likeness (QED) is 0.742. The number of alkyl carbamates (subject to hydrolysis) is 1. The minimum absolute atomic E-state index is 0.0402. The highest BCUT2D eigenvalue weighted by Gasteiger charge is 2.22. The first-order valence-corrected chi connectivity index (χ1v) is 7.45. The minimum atomic E-state index is -0.799. The van der Waals surface area contributed by atoms with Gasteiger partial charge in [0.2, 0.25) is 11.8 Å². The summed E-state index contributed by atoms with van der Waals surface area (Å²) in [5.74, 6) is -1.35. The highest BCUT2D eigenvalue weighted by atomic mass is 19.1. The second-order valence-electron chi connectivity index (χ2n) is 5.68. The maximum Gasteiger partial charge on any atom is 0.407 e. The fourth-order valence-electron chi connectivity index (χ4n) is 2.02. The Labute approximate surface area is 139 Å². The number of halogens is 1. The number of methoxy groups -OCH3 is 1. The van der Waals surface area contributed by atoms with Gasteiger partial charge in [0, 0.05) is 12.6 Å². The number of carbonyl (C=O) groups is 3. The van der Waals surface area contributed by atoms with Gasteiger partial charge in [0.05, 0.1) is 12.8 Å². The zero-order valence-electron chi connectivity index (χ0n) is 14.1. The van der Waals surface area contributed by atoms with Gasteiger partial charge in [-0.2, -0.15) is 0 Å². The number of benzene rings is 1. The molecular weight excluding hydrogens is 317 g/mol. The van der Waals surface area contributed by atoms with Crippen molar-refractivity contribution in [3.8, 4) is 0 Å². The number of rotatable bonds is 6. The zero-order valence-corrected chi connectivity index (χ0v) is 14.1. The number of hydrogen-bond acceptors (Lipinski definition) is 4. The molecule has 0 aliphatic heterocycles. The van der Waals surface area contributed by atoms with Crippen LogP contribution < -0.4 is 16.0 Å². The third kappa shape index (κ3) is 6.23. The predicted octanol–water partition coefficient (Wildman–Crippen LogP) is 2.49. The summed E-state index contributed by atoms with van der Waals surface area (Å²) in [6, 6.07) is 3.00. The molecule has 0 aromatic heterocycles. The predicted molar refractivity (Wildman–Crippen MR) is 88.1 cm³/mol. The molecule has 0 bridgehead atoms. The van der Waals surface area contributed by atoms with Gasteiger partial charge in [-0.3, -0.25) is 9.59 Å². The number of ether oxygens (including phenoxy) is 1. The van der Waals surface area contributed by atoms with Crippen LogP contribution in [-0.4, -0.2) is 31.1 Å². The lowest BCUT2D eigenvalue weighted by atomic mass is 10.0. The number of carbonyl (C=O) groups excluding carboxylic acids is 3. The van der Waals surface area contributed by atoms with Crippen LogP contribution in [-0.2, 0) is 14.3 Å². The summed E-state index contributed by atoms with van der Waals surface area (Å²) >= 11 is 0. The van der Waals surface area contributed by atoms with E-state index in [4.69, 9.17) is 0 Å². The van der Waals surface area contributed by atoms with Gasteiger partial charge in [-0.1, -0.05) is 13.8 Å². The molecule has 3 N–H and O–H groups in total. The molecule has 24 heavy (non-hydrogen) atoms. The van der Waals surface area contributed by atoms with E-state index in [-0.39, 0.29) is 11.6 Å². The van der Waals surface area contributed by atoms with Crippen molar-refractivity contribution in [1.82, 2.24) is 5.32 Å². The van der Waals surface area contributed by atoms with E-state index in [2.05, 4.69) is 20.7 Å². The summed E-state index contributed by atoms with van der Waals surface area (Å²) in [4.78, 5) is 34.8. The molecule has 0 radical (unpaired) electrons. The normalized spacial score (nSPS) is 11.6. The Bertz CT molecular complexity index is 619. The molecule has 0 saturated heterocycles. The summed E-state index contributed by atoms with van der Waals surface area (Å²) in [5, 5.41) is 7.38. The van der Waals surface area contributed by atoms with E-state index in [0.717, 1.165) is 6.07 Å². The first-order valence-electron chi connectivity index (χ1n) is 7.45. The second kappa shape index (κ2) is 8.85. The molecule has 132 valence electrons. The fourth-order valence-corrected chi connectivity index (χ4v) is 2.02. The number of amides is 3. The molecule has 3 amide bonds. The van der Waals surface area contributed by atoms with Crippen LogP contribution in [0, 0.1) is 11.7 Å². The average Bonchev–Trinajstić information content (AvgIpc) is 2.48. The van der Waals surface area contributed by atoms with E-state index in [1.807, 2.05) is 13.8 Å². The Morgan fingerprint density at radius 3 is 2.42 bits per heavy atom. The molecule has 1 atom stereocenters. The van der Waals surface area contributed by atoms with Gasteiger partial charge >= 0.3 is 6.09 Å². The molecule has 1 rings (SSSR count). The van der Waals surface area contributed by atoms with Gasteiger partial charge in [0.15, 0.2) is 0 Å². The van der Waals surface area contributed by atoms with Crippen molar-refractivity contribution in [2.45, 2.75) is 33.2 Å². The molecule has 1 aromatic carbocycles. The van der Waals surface area contributed by atoms with Crippen molar-refractivity contribution in [2.75, 3.05) is 17.7 Å². The lowest BCUT2D eigenvalue weighted by Gasteiger charge is -2.19. The second-order valence-corrected chi connectivity index (χ2v) is 5.68. The van der Waals surface area contributed by atoms with Gasteiger partial charge in [0.1, 0.15) is 11.9 Å². The van der Waals surface area contributed by atoms with E-state index in [1.165, 1.54) is 26.2 Å². The van der Waals surface area contributed by atoms with Crippen molar-refractivity contribution in [3.63, 3.8) is 0 Å².